The molecule has 0 saturated heterocycles. The summed E-state index contributed by atoms with van der Waals surface area (Å²) in [6, 6.07) is 20.8. The number of halogens is 1. The van der Waals surface area contributed by atoms with Gasteiger partial charge in [0.2, 0.25) is 0 Å². The van der Waals surface area contributed by atoms with Gasteiger partial charge in [0.05, 0.1) is 5.56 Å². The number of hydrogen-bond acceptors (Lipinski definition) is 4. The quantitative estimate of drug-likeness (QED) is 0.463. The van der Waals surface area contributed by atoms with Crippen LogP contribution in [0, 0.1) is 0 Å². The van der Waals surface area contributed by atoms with Crippen LogP contribution in [0.3, 0.4) is 0 Å². The largest absolute Gasteiger partial charge is 0.480 e. The van der Waals surface area contributed by atoms with Gasteiger partial charge < -0.3 is 15.2 Å². The maximum absolute atomic E-state index is 12.5. The van der Waals surface area contributed by atoms with Crippen LogP contribution in [0.25, 0.3) is 11.1 Å². The van der Waals surface area contributed by atoms with E-state index in [1.807, 2.05) is 36.4 Å². The van der Waals surface area contributed by atoms with Gasteiger partial charge in [0.1, 0.15) is 13.2 Å². The Morgan fingerprint density at radius 2 is 1.56 bits per heavy atom. The molecule has 4 rings (SSSR count). The molecule has 162 valence electrons. The number of amides is 2. The van der Waals surface area contributed by atoms with Crippen molar-refractivity contribution in [3.63, 3.8) is 0 Å². The molecule has 0 aromatic heterocycles. The standard InChI is InChI=1S/C24H19BrN2O5/c25-21-10-9-14(11-19(21)23(30)26-12-22(28)29)27-24(31)32-13-20-17-7-3-1-5-15(17)16-6-2-4-8-18(16)20/h1-11,20H,12-13H2,(H,26,30)(H,27,31)(H,28,29). The number of anilines is 1. The molecule has 1 aliphatic rings. The molecule has 0 atom stereocenters. The predicted octanol–water partition coefficient (Wildman–Crippen LogP) is 4.62. The number of carboxylic acid groups (broad SMARTS) is 1. The molecule has 0 unspecified atom stereocenters. The molecule has 0 saturated carbocycles. The number of carbonyl (C=O) groups excluding carboxylic acids is 2. The number of nitrogens with one attached hydrogen (secondary N) is 2. The molecule has 1 aliphatic carbocycles. The number of carboxylic acids is 1. The minimum atomic E-state index is -1.15. The van der Waals surface area contributed by atoms with Crippen LogP contribution in [0.1, 0.15) is 27.4 Å². The Bertz CT molecular complexity index is 1160. The second-order valence-corrected chi connectivity index (χ2v) is 8.08. The van der Waals surface area contributed by atoms with Crippen molar-refractivity contribution in [2.24, 2.45) is 0 Å². The van der Waals surface area contributed by atoms with Gasteiger partial charge in [0.25, 0.3) is 5.91 Å². The predicted molar refractivity (Wildman–Crippen MR) is 123 cm³/mol. The highest BCUT2D eigenvalue weighted by atomic mass is 79.9. The Morgan fingerprint density at radius 1 is 0.938 bits per heavy atom. The van der Waals surface area contributed by atoms with E-state index in [2.05, 4.69) is 38.7 Å². The molecule has 3 aromatic rings. The number of carbonyl (C=O) groups is 3. The summed E-state index contributed by atoms with van der Waals surface area (Å²) in [6.07, 6.45) is -0.647. The Kier molecular flexibility index (Phi) is 6.23. The molecule has 0 radical (unpaired) electrons. The monoisotopic (exact) mass is 494 g/mol. The van der Waals surface area contributed by atoms with Crippen molar-refractivity contribution in [1.29, 1.82) is 0 Å². The van der Waals surface area contributed by atoms with Gasteiger partial charge in [-0.15, -0.1) is 0 Å². The first-order valence-electron chi connectivity index (χ1n) is 9.85. The van der Waals surface area contributed by atoms with Crippen molar-refractivity contribution < 1.29 is 24.2 Å². The summed E-state index contributed by atoms with van der Waals surface area (Å²) in [5.74, 6) is -1.78. The molecule has 32 heavy (non-hydrogen) atoms. The maximum Gasteiger partial charge on any atom is 0.411 e. The van der Waals surface area contributed by atoms with Crippen LogP contribution in [0.2, 0.25) is 0 Å². The van der Waals surface area contributed by atoms with Gasteiger partial charge in [-0.05, 0) is 56.4 Å². The van der Waals surface area contributed by atoms with E-state index >= 15 is 0 Å². The number of rotatable bonds is 6. The summed E-state index contributed by atoms with van der Waals surface area (Å²) in [5.41, 5.74) is 5.06. The van der Waals surface area contributed by atoms with E-state index in [0.717, 1.165) is 22.3 Å². The third kappa shape index (κ3) is 4.50. The number of hydrogen-bond donors (Lipinski definition) is 3. The fourth-order valence-electron chi connectivity index (χ4n) is 3.78. The maximum atomic E-state index is 12.5. The lowest BCUT2D eigenvalue weighted by Gasteiger charge is -2.15. The van der Waals surface area contributed by atoms with E-state index in [9.17, 15) is 14.4 Å². The van der Waals surface area contributed by atoms with E-state index in [-0.39, 0.29) is 18.1 Å². The van der Waals surface area contributed by atoms with Crippen LogP contribution in [0.4, 0.5) is 10.5 Å². The third-order valence-electron chi connectivity index (χ3n) is 5.20. The summed E-state index contributed by atoms with van der Waals surface area (Å²) < 4.78 is 5.98. The first-order chi connectivity index (χ1) is 15.4. The molecule has 3 N–H and O–H groups in total. The van der Waals surface area contributed by atoms with Gasteiger partial charge in [-0.1, -0.05) is 48.5 Å². The Balaban J connectivity index is 1.43. The molecule has 3 aromatic carbocycles. The van der Waals surface area contributed by atoms with Crippen molar-refractivity contribution in [2.75, 3.05) is 18.5 Å². The lowest BCUT2D eigenvalue weighted by atomic mass is 9.98. The van der Waals surface area contributed by atoms with Gasteiger partial charge in [-0.3, -0.25) is 14.9 Å². The second-order valence-electron chi connectivity index (χ2n) is 7.22. The summed E-state index contributed by atoms with van der Waals surface area (Å²) in [6.45, 7) is -0.336. The molecule has 0 spiro atoms. The summed E-state index contributed by atoms with van der Waals surface area (Å²) in [5, 5.41) is 13.6. The fourth-order valence-corrected chi connectivity index (χ4v) is 4.21. The number of benzene rings is 3. The van der Waals surface area contributed by atoms with Gasteiger partial charge in [-0.25, -0.2) is 4.79 Å². The van der Waals surface area contributed by atoms with Gasteiger partial charge >= 0.3 is 12.1 Å². The topological polar surface area (TPSA) is 105 Å². The molecule has 2 amide bonds. The summed E-state index contributed by atoms with van der Waals surface area (Å²) in [4.78, 5) is 35.3. The Morgan fingerprint density at radius 3 is 2.19 bits per heavy atom. The second kappa shape index (κ2) is 9.23. The van der Waals surface area contributed by atoms with Gasteiger partial charge in [0.15, 0.2) is 0 Å². The molecular formula is C24H19BrN2O5. The minimum absolute atomic E-state index is 0.0598. The number of ether oxygens (including phenoxy) is 1. The molecule has 0 aliphatic heterocycles. The number of fused-ring (bicyclic) bond motifs is 3. The van der Waals surface area contributed by atoms with E-state index in [0.29, 0.717) is 10.2 Å². The van der Waals surface area contributed by atoms with Crippen molar-refractivity contribution in [3.8, 4) is 11.1 Å². The van der Waals surface area contributed by atoms with E-state index < -0.39 is 24.5 Å². The first-order valence-corrected chi connectivity index (χ1v) is 10.6. The normalized spacial score (nSPS) is 11.9. The first kappa shape index (κ1) is 21.6. The van der Waals surface area contributed by atoms with Crippen molar-refractivity contribution in [3.05, 3.63) is 87.9 Å². The highest BCUT2D eigenvalue weighted by molar-refractivity contribution is 9.10. The lowest BCUT2D eigenvalue weighted by molar-refractivity contribution is -0.135. The SMILES string of the molecule is O=C(O)CNC(=O)c1cc(NC(=O)OCC2c3ccccc3-c3ccccc32)ccc1Br. The molecule has 0 bridgehead atoms. The van der Waals surface area contributed by atoms with Crippen LogP contribution in [-0.4, -0.2) is 36.2 Å². The van der Waals surface area contributed by atoms with E-state index in [1.165, 1.54) is 6.07 Å². The van der Waals surface area contributed by atoms with Gasteiger partial charge in [-0.2, -0.15) is 0 Å². The molecule has 7 nitrogen and oxygen atoms in total. The van der Waals surface area contributed by atoms with Crippen molar-refractivity contribution in [2.45, 2.75) is 5.92 Å². The zero-order valence-electron chi connectivity index (χ0n) is 16.8. The van der Waals surface area contributed by atoms with Crippen molar-refractivity contribution in [1.82, 2.24) is 5.32 Å². The Hall–Kier alpha value is -3.65. The van der Waals surface area contributed by atoms with Crippen molar-refractivity contribution >= 4 is 39.6 Å². The average molecular weight is 495 g/mol. The third-order valence-corrected chi connectivity index (χ3v) is 5.89. The van der Waals surface area contributed by atoms with E-state index in [1.54, 1.807) is 12.1 Å². The van der Waals surface area contributed by atoms with Crippen LogP contribution in [-0.2, 0) is 9.53 Å². The van der Waals surface area contributed by atoms with Crippen LogP contribution < -0.4 is 10.6 Å². The lowest BCUT2D eigenvalue weighted by Crippen LogP contribution is -2.29. The van der Waals surface area contributed by atoms with Crippen LogP contribution in [0.5, 0.6) is 0 Å². The highest BCUT2D eigenvalue weighted by Gasteiger charge is 2.29. The molecule has 8 heteroatoms. The Labute approximate surface area is 192 Å². The van der Waals surface area contributed by atoms with Crippen LogP contribution in [0.15, 0.2) is 71.2 Å². The zero-order chi connectivity index (χ0) is 22.7. The average Bonchev–Trinajstić information content (AvgIpc) is 3.11. The number of aliphatic carboxylic acids is 1. The molecule has 0 fully saturated rings. The smallest absolute Gasteiger partial charge is 0.411 e. The highest BCUT2D eigenvalue weighted by Crippen LogP contribution is 2.44. The zero-order valence-corrected chi connectivity index (χ0v) is 18.4. The summed E-state index contributed by atoms with van der Waals surface area (Å²) >= 11 is 3.26. The fraction of sp³-hybridized carbons (Fsp3) is 0.125. The molecule has 0 heterocycles. The van der Waals surface area contributed by atoms with Crippen LogP contribution >= 0.6 is 15.9 Å². The minimum Gasteiger partial charge on any atom is -0.480 e. The molecular weight excluding hydrogens is 476 g/mol. The van der Waals surface area contributed by atoms with Gasteiger partial charge in [0, 0.05) is 16.1 Å². The summed E-state index contributed by atoms with van der Waals surface area (Å²) in [7, 11) is 0. The van der Waals surface area contributed by atoms with E-state index in [4.69, 9.17) is 9.84 Å².